The van der Waals surface area contributed by atoms with Crippen LogP contribution in [0.2, 0.25) is 0 Å². The lowest BCUT2D eigenvalue weighted by molar-refractivity contribution is -0.132. The second kappa shape index (κ2) is 5.60. The highest BCUT2D eigenvalue weighted by molar-refractivity contribution is 6.11. The van der Waals surface area contributed by atoms with Gasteiger partial charge in [-0.25, -0.2) is 4.79 Å². The lowest BCUT2D eigenvalue weighted by Gasteiger charge is -2.26. The average molecular weight is 264 g/mol. The Hall–Kier alpha value is -2.24. The van der Waals surface area contributed by atoms with Crippen molar-refractivity contribution >= 4 is 11.7 Å². The van der Waals surface area contributed by atoms with Gasteiger partial charge in [0.25, 0.3) is 0 Å². The van der Waals surface area contributed by atoms with Gasteiger partial charge in [-0.15, -0.1) is 0 Å². The number of aliphatic imine (C=N–C) groups is 1. The molecule has 0 atom stereocenters. The Labute approximate surface area is 112 Å². The summed E-state index contributed by atoms with van der Waals surface area (Å²) in [5.74, 6) is -1.17. The summed E-state index contributed by atoms with van der Waals surface area (Å²) in [5, 5.41) is 8.79. The van der Waals surface area contributed by atoms with Gasteiger partial charge in [0.05, 0.1) is 11.4 Å². The van der Waals surface area contributed by atoms with Crippen molar-refractivity contribution in [2.75, 3.05) is 7.05 Å². The average Bonchev–Trinajstić information content (AvgIpc) is 2.34. The van der Waals surface area contributed by atoms with Gasteiger partial charge in [0.15, 0.2) is 0 Å². The monoisotopic (exact) mass is 264 g/mol. The van der Waals surface area contributed by atoms with Gasteiger partial charge in [-0.2, -0.15) is 0 Å². The van der Waals surface area contributed by atoms with Crippen LogP contribution < -0.4 is 16.6 Å². The molecule has 0 aromatic rings. The first-order valence-electron chi connectivity index (χ1n) is 5.87. The largest absolute Gasteiger partial charge is 0.477 e. The quantitative estimate of drug-likeness (QED) is 0.448. The van der Waals surface area contributed by atoms with Gasteiger partial charge in [0, 0.05) is 13.2 Å². The number of hydrogen-bond donors (Lipinski definition) is 4. The number of carboxylic acids is 1. The molecule has 1 aliphatic rings. The van der Waals surface area contributed by atoms with Crippen molar-refractivity contribution in [3.05, 3.63) is 35.3 Å². The molecular formula is C13H20N4O2. The van der Waals surface area contributed by atoms with Crippen LogP contribution in [0.5, 0.6) is 0 Å². The summed E-state index contributed by atoms with van der Waals surface area (Å²) in [6.45, 7) is 6.26. The standard InChI is InChI=1S/C13H20N4O2/c1-13(2,3)8-5-11(17-16-7-8)10(15-4)6-9(14)12(18)19/h5-7,16-17H,14H2,1-4H3,(H,18,19)/b9-6-,15-10?. The zero-order valence-corrected chi connectivity index (χ0v) is 11.6. The summed E-state index contributed by atoms with van der Waals surface area (Å²) >= 11 is 0. The predicted molar refractivity (Wildman–Crippen MR) is 75.2 cm³/mol. The van der Waals surface area contributed by atoms with Crippen LogP contribution in [0.3, 0.4) is 0 Å². The molecule has 0 aliphatic carbocycles. The topological polar surface area (TPSA) is 99.7 Å². The summed E-state index contributed by atoms with van der Waals surface area (Å²) in [6.07, 6.45) is 5.11. The number of carbonyl (C=O) groups is 1. The number of hydrogen-bond acceptors (Lipinski definition) is 5. The normalized spacial score (nSPS) is 17.1. The number of hydrazine groups is 1. The molecule has 1 aliphatic heterocycles. The molecule has 6 heteroatoms. The number of carboxylic acid groups (broad SMARTS) is 1. The first-order chi connectivity index (χ1) is 8.75. The second-order valence-electron chi connectivity index (χ2n) is 5.19. The number of nitrogens with two attached hydrogens (primary N) is 1. The number of allylic oxidation sites excluding steroid dienone is 3. The Kier molecular flexibility index (Phi) is 4.37. The van der Waals surface area contributed by atoms with Crippen LogP contribution in [-0.4, -0.2) is 23.8 Å². The van der Waals surface area contributed by atoms with Gasteiger partial charge in [-0.05, 0) is 23.1 Å². The fourth-order valence-electron chi connectivity index (χ4n) is 1.47. The molecule has 0 saturated carbocycles. The third kappa shape index (κ3) is 3.87. The molecule has 5 N–H and O–H groups in total. The van der Waals surface area contributed by atoms with Gasteiger partial charge >= 0.3 is 5.97 Å². The minimum Gasteiger partial charge on any atom is -0.477 e. The zero-order valence-electron chi connectivity index (χ0n) is 11.6. The molecule has 1 rings (SSSR count). The fourth-order valence-corrected chi connectivity index (χ4v) is 1.47. The van der Waals surface area contributed by atoms with E-state index in [4.69, 9.17) is 10.8 Å². The molecule has 0 radical (unpaired) electrons. The van der Waals surface area contributed by atoms with Crippen molar-refractivity contribution in [2.45, 2.75) is 20.8 Å². The van der Waals surface area contributed by atoms with E-state index in [2.05, 4.69) is 36.6 Å². The van der Waals surface area contributed by atoms with Crippen LogP contribution in [0, 0.1) is 5.41 Å². The molecule has 0 unspecified atom stereocenters. The van der Waals surface area contributed by atoms with Crippen molar-refractivity contribution in [3.63, 3.8) is 0 Å². The molecule has 0 amide bonds. The van der Waals surface area contributed by atoms with E-state index in [9.17, 15) is 4.79 Å². The minimum absolute atomic E-state index is 0.0265. The second-order valence-corrected chi connectivity index (χ2v) is 5.19. The van der Waals surface area contributed by atoms with Gasteiger partial charge < -0.3 is 16.3 Å². The van der Waals surface area contributed by atoms with Gasteiger partial charge in [0.2, 0.25) is 0 Å². The Balaban J connectivity index is 3.09. The Morgan fingerprint density at radius 3 is 2.58 bits per heavy atom. The fraction of sp³-hybridized carbons (Fsp3) is 0.385. The third-order valence-corrected chi connectivity index (χ3v) is 2.66. The van der Waals surface area contributed by atoms with Gasteiger partial charge in [-0.3, -0.25) is 10.4 Å². The van der Waals surface area contributed by atoms with E-state index in [-0.39, 0.29) is 11.1 Å². The molecule has 19 heavy (non-hydrogen) atoms. The summed E-state index contributed by atoms with van der Waals surface area (Å²) in [6, 6.07) is 0. The van der Waals surface area contributed by atoms with Gasteiger partial charge in [0.1, 0.15) is 5.70 Å². The molecule has 0 aromatic carbocycles. The summed E-state index contributed by atoms with van der Waals surface area (Å²) in [7, 11) is 1.58. The van der Waals surface area contributed by atoms with Gasteiger partial charge in [-0.1, -0.05) is 20.8 Å². The number of rotatable bonds is 3. The van der Waals surface area contributed by atoms with Crippen LogP contribution in [0.25, 0.3) is 0 Å². The summed E-state index contributed by atoms with van der Waals surface area (Å²) in [5.41, 5.74) is 13.2. The van der Waals surface area contributed by atoms with E-state index >= 15 is 0 Å². The highest BCUT2D eigenvalue weighted by atomic mass is 16.4. The number of aliphatic carboxylic acids is 1. The summed E-state index contributed by atoms with van der Waals surface area (Å²) in [4.78, 5) is 14.8. The molecule has 0 bridgehead atoms. The first-order valence-corrected chi connectivity index (χ1v) is 5.87. The highest BCUT2D eigenvalue weighted by Crippen LogP contribution is 2.27. The molecule has 0 saturated heterocycles. The Morgan fingerprint density at radius 1 is 1.47 bits per heavy atom. The van der Waals surface area contributed by atoms with Crippen molar-refractivity contribution in [1.29, 1.82) is 0 Å². The maximum absolute atomic E-state index is 10.7. The third-order valence-electron chi connectivity index (χ3n) is 2.66. The molecule has 0 aromatic heterocycles. The van der Waals surface area contributed by atoms with Crippen molar-refractivity contribution in [2.24, 2.45) is 16.1 Å². The molecule has 1 heterocycles. The van der Waals surface area contributed by atoms with Crippen LogP contribution in [0.15, 0.2) is 40.3 Å². The van der Waals surface area contributed by atoms with E-state index in [1.807, 2.05) is 12.3 Å². The summed E-state index contributed by atoms with van der Waals surface area (Å²) < 4.78 is 0. The predicted octanol–water partition coefficient (Wildman–Crippen LogP) is 0.906. The SMILES string of the molecule is CN=C(/C=C(\N)C(=O)O)C1=CC(C(C)(C)C)=CNN1. The van der Waals surface area contributed by atoms with E-state index in [0.29, 0.717) is 11.4 Å². The zero-order chi connectivity index (χ0) is 14.6. The highest BCUT2D eigenvalue weighted by Gasteiger charge is 2.19. The Bertz CT molecular complexity index is 493. The van der Waals surface area contributed by atoms with E-state index in [1.165, 1.54) is 6.08 Å². The molecule has 0 spiro atoms. The van der Waals surface area contributed by atoms with E-state index in [0.717, 1.165) is 5.57 Å². The lowest BCUT2D eigenvalue weighted by Crippen LogP contribution is -2.35. The van der Waals surface area contributed by atoms with Crippen LogP contribution in [-0.2, 0) is 4.79 Å². The van der Waals surface area contributed by atoms with Crippen molar-refractivity contribution in [1.82, 2.24) is 10.9 Å². The molecular weight excluding hydrogens is 244 g/mol. The smallest absolute Gasteiger partial charge is 0.351 e. The molecule has 0 fully saturated rings. The van der Waals surface area contributed by atoms with Crippen LogP contribution >= 0.6 is 0 Å². The number of nitrogens with one attached hydrogen (secondary N) is 2. The minimum atomic E-state index is -1.17. The number of nitrogens with zero attached hydrogens (tertiary/aromatic N) is 1. The van der Waals surface area contributed by atoms with Crippen molar-refractivity contribution in [3.8, 4) is 0 Å². The molecule has 104 valence electrons. The van der Waals surface area contributed by atoms with Crippen LogP contribution in [0.4, 0.5) is 0 Å². The lowest BCUT2D eigenvalue weighted by atomic mass is 9.86. The van der Waals surface area contributed by atoms with Crippen LogP contribution in [0.1, 0.15) is 20.8 Å². The molecule has 6 nitrogen and oxygen atoms in total. The van der Waals surface area contributed by atoms with E-state index in [1.54, 1.807) is 7.05 Å². The first kappa shape index (κ1) is 14.8. The van der Waals surface area contributed by atoms with E-state index < -0.39 is 5.97 Å². The maximum atomic E-state index is 10.7. The maximum Gasteiger partial charge on any atom is 0.351 e. The van der Waals surface area contributed by atoms with Crippen molar-refractivity contribution < 1.29 is 9.90 Å². The Morgan fingerprint density at radius 2 is 2.11 bits per heavy atom.